The lowest BCUT2D eigenvalue weighted by molar-refractivity contribution is -0.137. The molecule has 2 aromatic rings. The van der Waals surface area contributed by atoms with Crippen molar-refractivity contribution in [3.63, 3.8) is 0 Å². The van der Waals surface area contributed by atoms with Gasteiger partial charge >= 0.3 is 5.97 Å². The van der Waals surface area contributed by atoms with E-state index < -0.39 is 0 Å². The van der Waals surface area contributed by atoms with Gasteiger partial charge in [0.2, 0.25) is 0 Å². The van der Waals surface area contributed by atoms with Crippen LogP contribution in [-0.2, 0) is 16.0 Å². The van der Waals surface area contributed by atoms with Gasteiger partial charge in [0.15, 0.2) is 0 Å². The Morgan fingerprint density at radius 2 is 2.20 bits per heavy atom. The number of nitrogens with one attached hydrogen (secondary N) is 1. The zero-order valence-electron chi connectivity index (χ0n) is 14.6. The number of carbonyl (C=O) groups is 1. The standard InChI is InChI=1S/C21H24N2O2/c1-25-21(24)16-7-4-5-13-12-23-10-9-15-14-6-2-3-8-18(14)22-20(15)19(23)11-17(13)16/h2-3,6-8,13,17,19,22H,4-5,9-12H2,1H3/t13-,17+,19+/m1/s1. The lowest BCUT2D eigenvalue weighted by Crippen LogP contribution is -2.47. The highest BCUT2D eigenvalue weighted by Gasteiger charge is 2.43. The number of hydrogen-bond acceptors (Lipinski definition) is 3. The third-order valence-electron chi connectivity index (χ3n) is 6.51. The van der Waals surface area contributed by atoms with E-state index in [0.717, 1.165) is 37.9 Å². The van der Waals surface area contributed by atoms with E-state index in [0.29, 0.717) is 17.9 Å². The Morgan fingerprint density at radius 1 is 1.32 bits per heavy atom. The highest BCUT2D eigenvalue weighted by molar-refractivity contribution is 5.89. The van der Waals surface area contributed by atoms with Crippen LogP contribution in [0.25, 0.3) is 10.9 Å². The third kappa shape index (κ3) is 2.27. The predicted molar refractivity (Wildman–Crippen MR) is 97.2 cm³/mol. The van der Waals surface area contributed by atoms with Crippen molar-refractivity contribution in [2.24, 2.45) is 11.8 Å². The second-order valence-electron chi connectivity index (χ2n) is 7.65. The minimum absolute atomic E-state index is 0.129. The summed E-state index contributed by atoms with van der Waals surface area (Å²) < 4.78 is 5.06. The van der Waals surface area contributed by atoms with Crippen molar-refractivity contribution in [3.8, 4) is 0 Å². The van der Waals surface area contributed by atoms with Gasteiger partial charge in [-0.3, -0.25) is 4.90 Å². The molecule has 2 aliphatic heterocycles. The van der Waals surface area contributed by atoms with E-state index in [1.54, 1.807) is 0 Å². The van der Waals surface area contributed by atoms with Crippen molar-refractivity contribution in [2.45, 2.75) is 31.7 Å². The fourth-order valence-corrected chi connectivity index (χ4v) is 5.35. The number of rotatable bonds is 1. The van der Waals surface area contributed by atoms with Crippen LogP contribution >= 0.6 is 0 Å². The number of para-hydroxylation sites is 1. The van der Waals surface area contributed by atoms with Gasteiger partial charge in [0.25, 0.3) is 0 Å². The summed E-state index contributed by atoms with van der Waals surface area (Å²) in [4.78, 5) is 18.6. The molecule has 130 valence electrons. The number of benzene rings is 1. The highest BCUT2D eigenvalue weighted by Crippen LogP contribution is 2.47. The summed E-state index contributed by atoms with van der Waals surface area (Å²) in [6, 6.07) is 9.01. The molecule has 0 radical (unpaired) electrons. The van der Waals surface area contributed by atoms with Crippen LogP contribution in [0.2, 0.25) is 0 Å². The van der Waals surface area contributed by atoms with Crippen LogP contribution in [-0.4, -0.2) is 36.1 Å². The molecular formula is C21H24N2O2. The molecule has 0 amide bonds. The number of aromatic nitrogens is 1. The second kappa shape index (κ2) is 5.73. The quantitative estimate of drug-likeness (QED) is 0.810. The number of hydrogen-bond donors (Lipinski definition) is 1. The third-order valence-corrected chi connectivity index (χ3v) is 6.51. The molecular weight excluding hydrogens is 312 g/mol. The Labute approximate surface area is 147 Å². The number of aromatic amines is 1. The molecule has 0 saturated carbocycles. The summed E-state index contributed by atoms with van der Waals surface area (Å²) in [5.41, 5.74) is 5.01. The first-order chi connectivity index (χ1) is 12.3. The van der Waals surface area contributed by atoms with E-state index in [4.69, 9.17) is 4.74 Å². The summed E-state index contributed by atoms with van der Waals surface area (Å²) in [5.74, 6) is 0.789. The van der Waals surface area contributed by atoms with Crippen molar-refractivity contribution >= 4 is 16.9 Å². The normalized spacial score (nSPS) is 28.7. The highest BCUT2D eigenvalue weighted by atomic mass is 16.5. The van der Waals surface area contributed by atoms with Crippen LogP contribution in [0.4, 0.5) is 0 Å². The van der Waals surface area contributed by atoms with Crippen molar-refractivity contribution in [1.29, 1.82) is 0 Å². The molecule has 0 spiro atoms. The van der Waals surface area contributed by atoms with Crippen LogP contribution in [0.5, 0.6) is 0 Å². The maximum absolute atomic E-state index is 12.3. The van der Waals surface area contributed by atoms with Gasteiger partial charge in [0.1, 0.15) is 0 Å². The predicted octanol–water partition coefficient (Wildman–Crippen LogP) is 3.60. The Kier molecular flexibility index (Phi) is 3.49. The first kappa shape index (κ1) is 15.2. The summed E-state index contributed by atoms with van der Waals surface area (Å²) >= 11 is 0. The van der Waals surface area contributed by atoms with Crippen molar-refractivity contribution in [3.05, 3.63) is 47.2 Å². The molecule has 3 aliphatic rings. The van der Waals surface area contributed by atoms with Gasteiger partial charge in [0.05, 0.1) is 13.2 Å². The number of allylic oxidation sites excluding steroid dienone is 1. The molecule has 1 aromatic carbocycles. The molecule has 1 aromatic heterocycles. The number of piperidine rings is 1. The molecule has 1 aliphatic carbocycles. The average Bonchev–Trinajstić information content (AvgIpc) is 3.04. The van der Waals surface area contributed by atoms with Gasteiger partial charge in [-0.1, -0.05) is 24.3 Å². The van der Waals surface area contributed by atoms with E-state index in [-0.39, 0.29) is 5.97 Å². The van der Waals surface area contributed by atoms with Crippen LogP contribution in [0, 0.1) is 11.8 Å². The Bertz CT molecular complexity index is 866. The SMILES string of the molecule is COC(=O)C1=CCC[C@@H]2CN3CCc4c([nH]c5ccccc45)[C@@H]3C[C@H]12. The molecule has 5 rings (SSSR count). The molecule has 0 unspecified atom stereocenters. The molecule has 1 N–H and O–H groups in total. The van der Waals surface area contributed by atoms with Gasteiger partial charge in [0, 0.05) is 35.3 Å². The Hall–Kier alpha value is -2.07. The van der Waals surface area contributed by atoms with E-state index in [1.807, 2.05) is 0 Å². The van der Waals surface area contributed by atoms with Crippen molar-refractivity contribution in [1.82, 2.24) is 9.88 Å². The maximum atomic E-state index is 12.3. The van der Waals surface area contributed by atoms with Gasteiger partial charge in [-0.25, -0.2) is 4.79 Å². The van der Waals surface area contributed by atoms with Gasteiger partial charge < -0.3 is 9.72 Å². The zero-order chi connectivity index (χ0) is 17.0. The lowest BCUT2D eigenvalue weighted by Gasteiger charge is -2.47. The van der Waals surface area contributed by atoms with E-state index in [9.17, 15) is 4.79 Å². The molecule has 3 atom stereocenters. The first-order valence-electron chi connectivity index (χ1n) is 9.38. The Morgan fingerprint density at radius 3 is 3.08 bits per heavy atom. The van der Waals surface area contributed by atoms with Gasteiger partial charge in [-0.15, -0.1) is 0 Å². The summed E-state index contributed by atoms with van der Waals surface area (Å²) in [5, 5.41) is 1.37. The Balaban J connectivity index is 1.54. The number of nitrogens with zero attached hydrogens (tertiary/aromatic N) is 1. The van der Waals surface area contributed by atoms with Crippen LogP contribution in [0.15, 0.2) is 35.9 Å². The molecule has 1 fully saturated rings. The lowest BCUT2D eigenvalue weighted by atomic mass is 9.70. The zero-order valence-corrected chi connectivity index (χ0v) is 14.6. The number of ether oxygens (including phenoxy) is 1. The average molecular weight is 336 g/mol. The maximum Gasteiger partial charge on any atom is 0.333 e. The summed E-state index contributed by atoms with van der Waals surface area (Å²) in [6.45, 7) is 2.22. The number of methoxy groups -OCH3 is 1. The van der Waals surface area contributed by atoms with Gasteiger partial charge in [-0.2, -0.15) is 0 Å². The monoisotopic (exact) mass is 336 g/mol. The van der Waals surface area contributed by atoms with Crippen LogP contribution in [0.1, 0.15) is 36.6 Å². The molecule has 4 heteroatoms. The van der Waals surface area contributed by atoms with Crippen molar-refractivity contribution in [2.75, 3.05) is 20.2 Å². The minimum Gasteiger partial charge on any atom is -0.466 e. The summed E-state index contributed by atoms with van der Waals surface area (Å²) in [6.07, 6.45) is 6.45. The van der Waals surface area contributed by atoms with E-state index >= 15 is 0 Å². The number of H-pyrrole nitrogens is 1. The smallest absolute Gasteiger partial charge is 0.333 e. The largest absolute Gasteiger partial charge is 0.466 e. The molecule has 1 saturated heterocycles. The number of carbonyl (C=O) groups excluding carboxylic acids is 1. The molecule has 25 heavy (non-hydrogen) atoms. The second-order valence-corrected chi connectivity index (χ2v) is 7.65. The van der Waals surface area contributed by atoms with Crippen LogP contribution < -0.4 is 0 Å². The van der Waals surface area contributed by atoms with Crippen LogP contribution in [0.3, 0.4) is 0 Å². The number of fused-ring (bicyclic) bond motifs is 6. The summed E-state index contributed by atoms with van der Waals surface area (Å²) in [7, 11) is 1.50. The van der Waals surface area contributed by atoms with E-state index in [2.05, 4.69) is 40.2 Å². The fraction of sp³-hybridized carbons (Fsp3) is 0.476. The van der Waals surface area contributed by atoms with Gasteiger partial charge in [-0.05, 0) is 49.1 Å². The first-order valence-corrected chi connectivity index (χ1v) is 9.38. The van der Waals surface area contributed by atoms with E-state index in [1.165, 1.54) is 35.7 Å². The molecule has 3 heterocycles. The van der Waals surface area contributed by atoms with Crippen molar-refractivity contribution < 1.29 is 9.53 Å². The number of esters is 1. The fourth-order valence-electron chi connectivity index (χ4n) is 5.35. The molecule has 0 bridgehead atoms. The molecule has 4 nitrogen and oxygen atoms in total. The minimum atomic E-state index is -0.129. The topological polar surface area (TPSA) is 45.3 Å².